The molecule has 2 aromatic carbocycles. The highest BCUT2D eigenvalue weighted by Gasteiger charge is 2.15. The molecule has 0 saturated heterocycles. The summed E-state index contributed by atoms with van der Waals surface area (Å²) in [7, 11) is 0. The zero-order chi connectivity index (χ0) is 14.5. The van der Waals surface area contributed by atoms with E-state index in [1.54, 1.807) is 0 Å². The fourth-order valence-electron chi connectivity index (χ4n) is 2.28. The van der Waals surface area contributed by atoms with Crippen molar-refractivity contribution >= 4 is 11.5 Å². The Morgan fingerprint density at radius 1 is 1.05 bits per heavy atom. The Balaban J connectivity index is 2.37. The van der Waals surface area contributed by atoms with Crippen LogP contribution in [0, 0.1) is 5.41 Å². The first-order chi connectivity index (χ1) is 9.59. The molecule has 0 aliphatic heterocycles. The monoisotopic (exact) mass is 267 g/mol. The van der Waals surface area contributed by atoms with Gasteiger partial charge < -0.3 is 10.6 Å². The normalized spacial score (nSPS) is 10.6. The first kappa shape index (κ1) is 14.1. The predicted molar refractivity (Wildman–Crippen MR) is 85.2 cm³/mol. The summed E-state index contributed by atoms with van der Waals surface area (Å²) in [5.41, 5.74) is 8.75. The van der Waals surface area contributed by atoms with Gasteiger partial charge in [-0.3, -0.25) is 5.41 Å². The van der Waals surface area contributed by atoms with Gasteiger partial charge in [0.25, 0.3) is 0 Å². The van der Waals surface area contributed by atoms with E-state index in [1.165, 1.54) is 5.56 Å². The van der Waals surface area contributed by atoms with Crippen molar-refractivity contribution < 1.29 is 0 Å². The predicted octanol–water partition coefficient (Wildman–Crippen LogP) is 3.39. The van der Waals surface area contributed by atoms with Crippen LogP contribution in [0.15, 0.2) is 54.6 Å². The average Bonchev–Trinajstić information content (AvgIpc) is 2.45. The standard InChI is InChI=1S/C17H21N3/c1-13(2)20(12-14-8-4-3-5-9-14)16-11-7-6-10-15(16)17(18)19/h3-11,13H,12H2,1-2H3,(H3,18,19). The number of nitrogen functional groups attached to an aromatic ring is 1. The molecule has 0 amide bonds. The van der Waals surface area contributed by atoms with Gasteiger partial charge in [-0.15, -0.1) is 0 Å². The summed E-state index contributed by atoms with van der Waals surface area (Å²) >= 11 is 0. The van der Waals surface area contributed by atoms with E-state index in [9.17, 15) is 0 Å². The van der Waals surface area contributed by atoms with Gasteiger partial charge in [0, 0.05) is 23.8 Å². The number of nitrogens with one attached hydrogen (secondary N) is 1. The minimum atomic E-state index is 0.110. The van der Waals surface area contributed by atoms with Crippen molar-refractivity contribution in [1.82, 2.24) is 0 Å². The molecule has 0 aliphatic carbocycles. The molecule has 0 aromatic heterocycles. The second kappa shape index (κ2) is 6.24. The van der Waals surface area contributed by atoms with Gasteiger partial charge in [-0.1, -0.05) is 42.5 Å². The molecule has 20 heavy (non-hydrogen) atoms. The number of hydrogen-bond acceptors (Lipinski definition) is 2. The van der Waals surface area contributed by atoms with Crippen molar-refractivity contribution in [1.29, 1.82) is 5.41 Å². The first-order valence-electron chi connectivity index (χ1n) is 6.83. The Morgan fingerprint density at radius 3 is 2.25 bits per heavy atom. The third-order valence-electron chi connectivity index (χ3n) is 3.32. The van der Waals surface area contributed by atoms with E-state index >= 15 is 0 Å². The maximum Gasteiger partial charge on any atom is 0.124 e. The highest BCUT2D eigenvalue weighted by molar-refractivity contribution is 6.00. The van der Waals surface area contributed by atoms with E-state index < -0.39 is 0 Å². The first-order valence-corrected chi connectivity index (χ1v) is 6.83. The third-order valence-corrected chi connectivity index (χ3v) is 3.32. The summed E-state index contributed by atoms with van der Waals surface area (Å²) in [4.78, 5) is 2.27. The van der Waals surface area contributed by atoms with Crippen molar-refractivity contribution in [3.05, 3.63) is 65.7 Å². The van der Waals surface area contributed by atoms with E-state index in [0.717, 1.165) is 17.8 Å². The highest BCUT2D eigenvalue weighted by Crippen LogP contribution is 2.24. The lowest BCUT2D eigenvalue weighted by Crippen LogP contribution is -2.32. The molecule has 0 atom stereocenters. The molecule has 3 N–H and O–H groups in total. The topological polar surface area (TPSA) is 53.1 Å². The lowest BCUT2D eigenvalue weighted by atomic mass is 10.1. The second-order valence-electron chi connectivity index (χ2n) is 5.14. The number of anilines is 1. The molecular weight excluding hydrogens is 246 g/mol. The van der Waals surface area contributed by atoms with Crippen LogP contribution >= 0.6 is 0 Å². The average molecular weight is 267 g/mol. The lowest BCUT2D eigenvalue weighted by Gasteiger charge is -2.31. The van der Waals surface area contributed by atoms with Gasteiger partial charge in [-0.25, -0.2) is 0 Å². The van der Waals surface area contributed by atoms with Crippen molar-refractivity contribution in [2.24, 2.45) is 5.73 Å². The van der Waals surface area contributed by atoms with Crippen LogP contribution in [0.1, 0.15) is 25.0 Å². The van der Waals surface area contributed by atoms with Crippen molar-refractivity contribution in [3.63, 3.8) is 0 Å². The van der Waals surface area contributed by atoms with Crippen LogP contribution in [0.25, 0.3) is 0 Å². The van der Waals surface area contributed by atoms with E-state index in [2.05, 4.69) is 30.9 Å². The Labute approximate surface area is 120 Å². The van der Waals surface area contributed by atoms with Crippen molar-refractivity contribution in [2.75, 3.05) is 4.90 Å². The highest BCUT2D eigenvalue weighted by atomic mass is 15.2. The van der Waals surface area contributed by atoms with E-state index in [-0.39, 0.29) is 5.84 Å². The Morgan fingerprint density at radius 2 is 1.65 bits per heavy atom. The molecule has 3 heteroatoms. The molecule has 2 rings (SSSR count). The van der Waals surface area contributed by atoms with Crippen molar-refractivity contribution in [2.45, 2.75) is 26.4 Å². The third kappa shape index (κ3) is 3.18. The molecule has 0 fully saturated rings. The Bertz CT molecular complexity index is 576. The van der Waals surface area contributed by atoms with Crippen LogP contribution in [0.4, 0.5) is 5.69 Å². The number of nitrogens with two attached hydrogens (primary N) is 1. The van der Waals surface area contributed by atoms with Crippen LogP contribution in [0.2, 0.25) is 0 Å². The minimum Gasteiger partial charge on any atom is -0.384 e. The number of hydrogen-bond donors (Lipinski definition) is 2. The number of amidine groups is 1. The molecule has 0 aliphatic rings. The van der Waals surface area contributed by atoms with E-state index in [4.69, 9.17) is 11.1 Å². The molecular formula is C17H21N3. The largest absolute Gasteiger partial charge is 0.384 e. The zero-order valence-corrected chi connectivity index (χ0v) is 12.0. The fraction of sp³-hybridized carbons (Fsp3) is 0.235. The fourth-order valence-corrected chi connectivity index (χ4v) is 2.28. The van der Waals surface area contributed by atoms with Gasteiger partial charge in [-0.2, -0.15) is 0 Å². The van der Waals surface area contributed by atoms with Gasteiger partial charge in [0.1, 0.15) is 5.84 Å². The van der Waals surface area contributed by atoms with Gasteiger partial charge in [0.2, 0.25) is 0 Å². The number of nitrogens with zero attached hydrogens (tertiary/aromatic N) is 1. The van der Waals surface area contributed by atoms with E-state index in [0.29, 0.717) is 6.04 Å². The summed E-state index contributed by atoms with van der Waals surface area (Å²) in [6.45, 7) is 5.11. The van der Waals surface area contributed by atoms with E-state index in [1.807, 2.05) is 42.5 Å². The molecule has 3 nitrogen and oxygen atoms in total. The molecule has 104 valence electrons. The lowest BCUT2D eigenvalue weighted by molar-refractivity contribution is 0.682. The van der Waals surface area contributed by atoms with Gasteiger partial charge in [0.05, 0.1) is 0 Å². The summed E-state index contributed by atoms with van der Waals surface area (Å²) in [5, 5.41) is 7.74. The summed E-state index contributed by atoms with van der Waals surface area (Å²) in [6.07, 6.45) is 0. The smallest absolute Gasteiger partial charge is 0.124 e. The van der Waals surface area contributed by atoms with Gasteiger partial charge >= 0.3 is 0 Å². The zero-order valence-electron chi connectivity index (χ0n) is 12.0. The number of para-hydroxylation sites is 1. The molecule has 0 radical (unpaired) electrons. The molecule has 0 spiro atoms. The Hall–Kier alpha value is -2.29. The molecule has 2 aromatic rings. The summed E-state index contributed by atoms with van der Waals surface area (Å²) < 4.78 is 0. The molecule has 0 saturated carbocycles. The van der Waals surface area contributed by atoms with Gasteiger partial charge in [0.15, 0.2) is 0 Å². The molecule has 0 heterocycles. The Kier molecular flexibility index (Phi) is 4.41. The number of rotatable bonds is 5. The van der Waals surface area contributed by atoms with Crippen LogP contribution in [0.5, 0.6) is 0 Å². The quantitative estimate of drug-likeness (QED) is 0.644. The van der Waals surface area contributed by atoms with Crippen LogP contribution in [-0.4, -0.2) is 11.9 Å². The summed E-state index contributed by atoms with van der Waals surface area (Å²) in [5.74, 6) is 0.110. The molecule has 0 bridgehead atoms. The van der Waals surface area contributed by atoms with Crippen LogP contribution in [-0.2, 0) is 6.54 Å². The number of benzene rings is 2. The van der Waals surface area contributed by atoms with Crippen LogP contribution < -0.4 is 10.6 Å². The maximum absolute atomic E-state index is 7.74. The SMILES string of the molecule is CC(C)N(Cc1ccccc1)c1ccccc1C(=N)N. The van der Waals surface area contributed by atoms with Crippen LogP contribution in [0.3, 0.4) is 0 Å². The van der Waals surface area contributed by atoms with Gasteiger partial charge in [-0.05, 0) is 31.5 Å². The molecule has 0 unspecified atom stereocenters. The maximum atomic E-state index is 7.74. The minimum absolute atomic E-state index is 0.110. The summed E-state index contributed by atoms with van der Waals surface area (Å²) in [6, 6.07) is 18.5. The van der Waals surface area contributed by atoms with Crippen molar-refractivity contribution in [3.8, 4) is 0 Å². The second-order valence-corrected chi connectivity index (χ2v) is 5.14.